The molecule has 0 bridgehead atoms. The van der Waals surface area contributed by atoms with E-state index in [0.717, 1.165) is 0 Å². The summed E-state index contributed by atoms with van der Waals surface area (Å²) >= 11 is 0. The molecule has 1 unspecified atom stereocenters. The monoisotopic (exact) mass is 333 g/mol. The molecular formula is C13H16ClNO5S. The molecule has 21 heavy (non-hydrogen) atoms. The van der Waals surface area contributed by atoms with E-state index in [1.54, 1.807) is 13.0 Å². The van der Waals surface area contributed by atoms with Gasteiger partial charge in [0.25, 0.3) is 9.05 Å². The largest absolute Gasteiger partial charge is 0.492 e. The highest BCUT2D eigenvalue weighted by Crippen LogP contribution is 2.30. The number of nitrogens with one attached hydrogen (secondary N) is 1. The number of anilines is 1. The molecule has 0 saturated carbocycles. The summed E-state index contributed by atoms with van der Waals surface area (Å²) < 4.78 is 33.5. The van der Waals surface area contributed by atoms with E-state index in [2.05, 4.69) is 5.32 Å². The Labute approximate surface area is 127 Å². The van der Waals surface area contributed by atoms with Crippen molar-refractivity contribution in [3.05, 3.63) is 18.2 Å². The van der Waals surface area contributed by atoms with E-state index >= 15 is 0 Å². The van der Waals surface area contributed by atoms with Crippen molar-refractivity contribution < 1.29 is 22.7 Å². The van der Waals surface area contributed by atoms with Crippen molar-refractivity contribution in [2.75, 3.05) is 25.1 Å². The minimum Gasteiger partial charge on any atom is -0.492 e. The van der Waals surface area contributed by atoms with Crippen LogP contribution in [0.3, 0.4) is 0 Å². The third-order valence-corrected chi connectivity index (χ3v) is 4.42. The van der Waals surface area contributed by atoms with Gasteiger partial charge in [0.2, 0.25) is 5.91 Å². The normalized spacial score (nSPS) is 18.5. The van der Waals surface area contributed by atoms with Crippen LogP contribution in [0, 0.1) is 5.92 Å². The van der Waals surface area contributed by atoms with Gasteiger partial charge in [0, 0.05) is 23.0 Å². The highest BCUT2D eigenvalue weighted by molar-refractivity contribution is 8.13. The van der Waals surface area contributed by atoms with E-state index in [1.807, 2.05) is 0 Å². The fourth-order valence-electron chi connectivity index (χ4n) is 2.04. The van der Waals surface area contributed by atoms with Gasteiger partial charge in [-0.1, -0.05) is 0 Å². The van der Waals surface area contributed by atoms with Gasteiger partial charge in [0.05, 0.1) is 19.1 Å². The molecule has 2 rings (SSSR count). The molecule has 1 atom stereocenters. The van der Waals surface area contributed by atoms with Crippen LogP contribution in [0.15, 0.2) is 23.1 Å². The van der Waals surface area contributed by atoms with Gasteiger partial charge in [-0.25, -0.2) is 8.42 Å². The zero-order valence-electron chi connectivity index (χ0n) is 11.5. The van der Waals surface area contributed by atoms with E-state index in [-0.39, 0.29) is 22.5 Å². The van der Waals surface area contributed by atoms with E-state index < -0.39 is 9.05 Å². The van der Waals surface area contributed by atoms with Crippen LogP contribution in [0.2, 0.25) is 0 Å². The molecular weight excluding hydrogens is 318 g/mol. The molecule has 6 nitrogen and oxygen atoms in total. The zero-order valence-corrected chi connectivity index (χ0v) is 13.0. The van der Waals surface area contributed by atoms with Crippen molar-refractivity contribution in [1.29, 1.82) is 0 Å². The van der Waals surface area contributed by atoms with Crippen LogP contribution in [0.25, 0.3) is 0 Å². The first-order valence-corrected chi connectivity index (χ1v) is 8.83. The summed E-state index contributed by atoms with van der Waals surface area (Å²) in [4.78, 5) is 11.8. The van der Waals surface area contributed by atoms with Crippen molar-refractivity contribution in [2.45, 2.75) is 18.2 Å². The Morgan fingerprint density at radius 3 is 2.86 bits per heavy atom. The van der Waals surface area contributed by atoms with Gasteiger partial charge in [-0.2, -0.15) is 0 Å². The molecule has 0 radical (unpaired) electrons. The topological polar surface area (TPSA) is 81.7 Å². The number of ether oxygens (including phenoxy) is 2. The minimum atomic E-state index is -3.96. The summed E-state index contributed by atoms with van der Waals surface area (Å²) in [6, 6.07) is 4.34. The lowest BCUT2D eigenvalue weighted by atomic mass is 10.1. The number of benzene rings is 1. The third kappa shape index (κ3) is 4.09. The van der Waals surface area contributed by atoms with Crippen molar-refractivity contribution in [1.82, 2.24) is 0 Å². The molecule has 0 aliphatic carbocycles. The first kappa shape index (κ1) is 16.1. The number of carbonyl (C=O) groups excluding carboxylic acids is 1. The van der Waals surface area contributed by atoms with Crippen LogP contribution < -0.4 is 10.1 Å². The van der Waals surface area contributed by atoms with Gasteiger partial charge in [0.1, 0.15) is 10.6 Å². The smallest absolute Gasteiger partial charge is 0.265 e. The molecule has 1 fully saturated rings. The van der Waals surface area contributed by atoms with Crippen molar-refractivity contribution in [3.63, 3.8) is 0 Å². The second-order valence-corrected chi connectivity index (χ2v) is 7.12. The molecule has 1 aromatic rings. The zero-order chi connectivity index (χ0) is 15.5. The Balaban J connectivity index is 2.23. The molecule has 116 valence electrons. The number of rotatable bonds is 5. The van der Waals surface area contributed by atoms with Crippen LogP contribution >= 0.6 is 10.7 Å². The highest BCUT2D eigenvalue weighted by Gasteiger charge is 2.24. The lowest BCUT2D eigenvalue weighted by molar-refractivity contribution is -0.119. The quantitative estimate of drug-likeness (QED) is 0.833. The first-order chi connectivity index (χ1) is 9.91. The Kier molecular flexibility index (Phi) is 5.08. The highest BCUT2D eigenvalue weighted by atomic mass is 35.7. The maximum Gasteiger partial charge on any atom is 0.265 e. The molecule has 1 saturated heterocycles. The van der Waals surface area contributed by atoms with E-state index in [0.29, 0.717) is 31.9 Å². The van der Waals surface area contributed by atoms with Gasteiger partial charge in [0.15, 0.2) is 0 Å². The van der Waals surface area contributed by atoms with Gasteiger partial charge >= 0.3 is 0 Å². The summed E-state index contributed by atoms with van der Waals surface area (Å²) in [7, 11) is 1.43. The van der Waals surface area contributed by atoms with Crippen LogP contribution in [0.1, 0.15) is 13.3 Å². The maximum atomic E-state index is 12.0. The molecule has 1 amide bonds. The lowest BCUT2D eigenvalue weighted by Crippen LogP contribution is -2.22. The first-order valence-electron chi connectivity index (χ1n) is 6.52. The minimum absolute atomic E-state index is 0.161. The average molecular weight is 334 g/mol. The summed E-state index contributed by atoms with van der Waals surface area (Å²) in [5.74, 6) is -0.253. The summed E-state index contributed by atoms with van der Waals surface area (Å²) in [6.45, 7) is 2.98. The van der Waals surface area contributed by atoms with Crippen LogP contribution in [-0.4, -0.2) is 34.1 Å². The Hall–Kier alpha value is -1.31. The SMILES string of the molecule is CCOc1ccc(NC(=O)C2CCOC2)cc1S(=O)(=O)Cl. The molecule has 0 aromatic heterocycles. The standard InChI is InChI=1S/C13H16ClNO5S/c1-2-20-11-4-3-10(7-12(11)21(14,17)18)15-13(16)9-5-6-19-8-9/h3-4,7,9H,2,5-6,8H2,1H3,(H,15,16). The number of halogens is 1. The van der Waals surface area contributed by atoms with Crippen LogP contribution in [-0.2, 0) is 18.6 Å². The Morgan fingerprint density at radius 2 is 2.29 bits per heavy atom. The van der Waals surface area contributed by atoms with Crippen molar-refractivity contribution in [2.24, 2.45) is 5.92 Å². The van der Waals surface area contributed by atoms with Gasteiger partial charge in [-0.05, 0) is 31.5 Å². The molecule has 1 aliphatic rings. The second-order valence-electron chi connectivity index (χ2n) is 4.58. The molecule has 1 N–H and O–H groups in total. The lowest BCUT2D eigenvalue weighted by Gasteiger charge is -2.12. The second kappa shape index (κ2) is 6.64. The molecule has 1 aliphatic heterocycles. The van der Waals surface area contributed by atoms with E-state index in [9.17, 15) is 13.2 Å². The maximum absolute atomic E-state index is 12.0. The van der Waals surface area contributed by atoms with Crippen LogP contribution in [0.4, 0.5) is 5.69 Å². The predicted molar refractivity (Wildman–Crippen MR) is 78.2 cm³/mol. The molecule has 1 heterocycles. The number of amides is 1. The molecule has 1 aromatic carbocycles. The summed E-state index contributed by atoms with van der Waals surface area (Å²) in [5, 5.41) is 2.67. The fourth-order valence-corrected chi connectivity index (χ4v) is 3.03. The summed E-state index contributed by atoms with van der Waals surface area (Å²) in [6.07, 6.45) is 0.656. The third-order valence-electron chi connectivity index (χ3n) is 3.07. The number of hydrogen-bond acceptors (Lipinski definition) is 5. The Morgan fingerprint density at radius 1 is 1.52 bits per heavy atom. The van der Waals surface area contributed by atoms with E-state index in [4.69, 9.17) is 20.2 Å². The summed E-state index contributed by atoms with van der Waals surface area (Å²) in [5.41, 5.74) is 0.356. The van der Waals surface area contributed by atoms with Gasteiger partial charge in [-0.3, -0.25) is 4.79 Å². The average Bonchev–Trinajstić information content (AvgIpc) is 2.93. The van der Waals surface area contributed by atoms with Gasteiger partial charge < -0.3 is 14.8 Å². The van der Waals surface area contributed by atoms with Gasteiger partial charge in [-0.15, -0.1) is 0 Å². The van der Waals surface area contributed by atoms with Crippen molar-refractivity contribution in [3.8, 4) is 5.75 Å². The Bertz CT molecular complexity index is 625. The number of hydrogen-bond donors (Lipinski definition) is 1. The van der Waals surface area contributed by atoms with Crippen LogP contribution in [0.5, 0.6) is 5.75 Å². The van der Waals surface area contributed by atoms with E-state index in [1.165, 1.54) is 12.1 Å². The molecule has 8 heteroatoms. The number of carbonyl (C=O) groups is 1. The van der Waals surface area contributed by atoms with Crippen molar-refractivity contribution >= 4 is 31.3 Å². The molecule has 0 spiro atoms. The fraction of sp³-hybridized carbons (Fsp3) is 0.462. The predicted octanol–water partition coefficient (Wildman–Crippen LogP) is 1.99.